The van der Waals surface area contributed by atoms with Crippen LogP contribution in [0, 0.1) is 17.8 Å². The number of ether oxygens (including phenoxy) is 1. The molecule has 1 aromatic carbocycles. The minimum absolute atomic E-state index is 0.00990. The van der Waals surface area contributed by atoms with E-state index >= 15 is 0 Å². The molecule has 1 aromatic rings. The highest BCUT2D eigenvalue weighted by atomic mass is 32.2. The normalized spacial score (nSPS) is 25.1. The first-order chi connectivity index (χ1) is 15.7. The molecule has 3 saturated carbocycles. The Morgan fingerprint density at radius 1 is 1.12 bits per heavy atom. The third-order valence-electron chi connectivity index (χ3n) is 6.88. The number of carbonyl (C=O) groups is 1. The highest BCUT2D eigenvalue weighted by Crippen LogP contribution is 2.46. The molecular weight excluding hydrogens is 469 g/mol. The minimum Gasteiger partial charge on any atom is -0.459 e. The molecule has 1 N–H and O–H groups in total. The van der Waals surface area contributed by atoms with Gasteiger partial charge in [-0.15, -0.1) is 0 Å². The van der Waals surface area contributed by atoms with Crippen molar-refractivity contribution in [3.63, 3.8) is 0 Å². The van der Waals surface area contributed by atoms with E-state index < -0.39 is 44.8 Å². The lowest BCUT2D eigenvalue weighted by molar-refractivity contribution is -0.155. The maximum atomic E-state index is 14.0. The van der Waals surface area contributed by atoms with Gasteiger partial charge < -0.3 is 10.1 Å². The zero-order chi connectivity index (χ0) is 24.9. The van der Waals surface area contributed by atoms with E-state index in [0.29, 0.717) is 11.8 Å². The highest BCUT2D eigenvalue weighted by Gasteiger charge is 2.43. The van der Waals surface area contributed by atoms with Crippen molar-refractivity contribution < 1.29 is 31.1 Å². The number of halogens is 3. The van der Waals surface area contributed by atoms with Crippen molar-refractivity contribution in [1.82, 2.24) is 4.31 Å². The number of nitrogens with zero attached hydrogens (tertiary/aromatic N) is 1. The van der Waals surface area contributed by atoms with E-state index in [9.17, 15) is 26.4 Å². The van der Waals surface area contributed by atoms with Gasteiger partial charge in [-0.2, -0.15) is 17.5 Å². The number of esters is 1. The highest BCUT2D eigenvalue weighted by molar-refractivity contribution is 7.89. The first-order valence-corrected chi connectivity index (χ1v) is 13.4. The smallest absolute Gasteiger partial charge is 0.417 e. The molecule has 0 saturated heterocycles. The van der Waals surface area contributed by atoms with Gasteiger partial charge in [0.25, 0.3) is 0 Å². The average molecular weight is 503 g/mol. The molecule has 6 nitrogen and oxygen atoms in total. The summed E-state index contributed by atoms with van der Waals surface area (Å²) in [6.45, 7) is 4.30. The summed E-state index contributed by atoms with van der Waals surface area (Å²) < 4.78 is 75.1. The Bertz CT molecular complexity index is 1030. The third kappa shape index (κ3) is 5.87. The molecule has 0 aromatic heterocycles. The van der Waals surface area contributed by atoms with Gasteiger partial charge in [0, 0.05) is 18.3 Å². The summed E-state index contributed by atoms with van der Waals surface area (Å²) in [7, 11) is -4.59. The first-order valence-electron chi connectivity index (χ1n) is 11.9. The summed E-state index contributed by atoms with van der Waals surface area (Å²) in [5, 5.41) is 3.21. The van der Waals surface area contributed by atoms with Gasteiger partial charge >= 0.3 is 12.1 Å². The number of benzene rings is 1. The summed E-state index contributed by atoms with van der Waals surface area (Å²) in [6.07, 6.45) is 0.946. The van der Waals surface area contributed by atoms with Crippen LogP contribution in [0.2, 0.25) is 0 Å². The van der Waals surface area contributed by atoms with Crippen LogP contribution in [-0.2, 0) is 25.7 Å². The van der Waals surface area contributed by atoms with E-state index in [2.05, 4.69) is 5.32 Å². The lowest BCUT2D eigenvalue weighted by atomic mass is 9.95. The summed E-state index contributed by atoms with van der Waals surface area (Å²) in [4.78, 5) is 11.5. The van der Waals surface area contributed by atoms with Gasteiger partial charge in [0.1, 0.15) is 12.1 Å². The third-order valence-corrected chi connectivity index (χ3v) is 8.75. The molecule has 4 rings (SSSR count). The topological polar surface area (TPSA) is 75.7 Å². The van der Waals surface area contributed by atoms with Gasteiger partial charge in [-0.25, -0.2) is 8.42 Å². The molecule has 0 amide bonds. The predicted molar refractivity (Wildman–Crippen MR) is 122 cm³/mol. The van der Waals surface area contributed by atoms with E-state index in [-0.39, 0.29) is 24.2 Å². The molecule has 0 aliphatic heterocycles. The van der Waals surface area contributed by atoms with Gasteiger partial charge in [0.2, 0.25) is 10.0 Å². The molecular formula is C24H33F3N2O4S. The van der Waals surface area contributed by atoms with Crippen LogP contribution in [0.25, 0.3) is 0 Å². The fourth-order valence-electron chi connectivity index (χ4n) is 5.19. The molecule has 0 spiro atoms. The van der Waals surface area contributed by atoms with Gasteiger partial charge in [0.05, 0.1) is 10.5 Å². The number of anilines is 1. The number of carbonyl (C=O) groups excluding carboxylic acids is 1. The number of fused-ring (bicyclic) bond motifs is 2. The molecule has 190 valence electrons. The van der Waals surface area contributed by atoms with Crippen LogP contribution in [-0.4, -0.2) is 43.4 Å². The molecule has 2 bridgehead atoms. The van der Waals surface area contributed by atoms with Crippen molar-refractivity contribution in [1.29, 1.82) is 0 Å². The molecule has 3 aliphatic carbocycles. The molecule has 10 heteroatoms. The molecule has 3 atom stereocenters. The number of alkyl halides is 3. The quantitative estimate of drug-likeness (QED) is 0.504. The molecule has 3 unspecified atom stereocenters. The van der Waals surface area contributed by atoms with Gasteiger partial charge in [-0.05, 0) is 88.8 Å². The molecule has 3 aliphatic rings. The minimum atomic E-state index is -4.87. The maximum absolute atomic E-state index is 14.0. The monoisotopic (exact) mass is 502 g/mol. The zero-order valence-corrected chi connectivity index (χ0v) is 20.6. The van der Waals surface area contributed by atoms with Gasteiger partial charge in [-0.1, -0.05) is 6.42 Å². The van der Waals surface area contributed by atoms with Crippen LogP contribution in [0.1, 0.15) is 64.9 Å². The number of rotatable bonds is 8. The Labute approximate surface area is 199 Å². The Kier molecular flexibility index (Phi) is 6.70. The Hall–Kier alpha value is -1.81. The van der Waals surface area contributed by atoms with Crippen molar-refractivity contribution >= 4 is 21.7 Å². The van der Waals surface area contributed by atoms with E-state index in [1.54, 1.807) is 20.8 Å². The first kappa shape index (κ1) is 25.3. The van der Waals surface area contributed by atoms with Crippen LogP contribution < -0.4 is 5.32 Å². The van der Waals surface area contributed by atoms with Gasteiger partial charge in [0.15, 0.2) is 0 Å². The predicted octanol–water partition coefficient (Wildman–Crippen LogP) is 5.05. The van der Waals surface area contributed by atoms with Crippen molar-refractivity contribution in [3.05, 3.63) is 23.8 Å². The van der Waals surface area contributed by atoms with Crippen molar-refractivity contribution in [2.75, 3.05) is 18.4 Å². The second-order valence-corrected chi connectivity index (χ2v) is 12.9. The number of hydrogen-bond acceptors (Lipinski definition) is 5. The van der Waals surface area contributed by atoms with Crippen LogP contribution in [0.15, 0.2) is 23.1 Å². The molecule has 0 heterocycles. The molecule has 3 fully saturated rings. The zero-order valence-electron chi connectivity index (χ0n) is 19.8. The number of sulfonamides is 1. The molecule has 0 radical (unpaired) electrons. The number of hydrogen-bond donors (Lipinski definition) is 1. The van der Waals surface area contributed by atoms with Gasteiger partial charge in [-0.3, -0.25) is 4.79 Å². The van der Waals surface area contributed by atoms with E-state index in [1.807, 2.05) is 0 Å². The van der Waals surface area contributed by atoms with Crippen molar-refractivity contribution in [3.8, 4) is 0 Å². The number of nitrogens with one attached hydrogen (secondary N) is 1. The van der Waals surface area contributed by atoms with E-state index in [4.69, 9.17) is 4.74 Å². The Morgan fingerprint density at radius 2 is 1.82 bits per heavy atom. The van der Waals surface area contributed by atoms with Crippen LogP contribution in [0.4, 0.5) is 18.9 Å². The second kappa shape index (κ2) is 9.00. The standard InChI is InChI=1S/C24H33F3N2O4S/c1-23(2,3)33-22(30)14-29(13-15-4-5-15)34(31,32)21-9-8-18(12-19(21)24(25,26)27)28-20-11-16-6-7-17(20)10-16/h8-9,12,15-17,20,28H,4-7,10-11,13-14H2,1-3H3. The fourth-order valence-corrected chi connectivity index (χ4v) is 6.85. The Balaban J connectivity index is 1.61. The average Bonchev–Trinajstić information content (AvgIpc) is 3.27. The van der Waals surface area contributed by atoms with E-state index in [1.165, 1.54) is 12.5 Å². The molecule has 34 heavy (non-hydrogen) atoms. The largest absolute Gasteiger partial charge is 0.459 e. The SMILES string of the molecule is CC(C)(C)OC(=O)CN(CC1CC1)S(=O)(=O)c1ccc(NC2CC3CCC2C3)cc1C(F)(F)F. The van der Waals surface area contributed by atoms with Crippen LogP contribution in [0.3, 0.4) is 0 Å². The van der Waals surface area contributed by atoms with Crippen molar-refractivity contribution in [2.24, 2.45) is 17.8 Å². The Morgan fingerprint density at radius 3 is 2.35 bits per heavy atom. The fraction of sp³-hybridized carbons (Fsp3) is 0.708. The summed E-state index contributed by atoms with van der Waals surface area (Å²) in [5.74, 6) is 0.309. The summed E-state index contributed by atoms with van der Waals surface area (Å²) in [5.41, 5.74) is -1.79. The van der Waals surface area contributed by atoms with Crippen LogP contribution in [0.5, 0.6) is 0 Å². The second-order valence-electron chi connectivity index (χ2n) is 11.0. The van der Waals surface area contributed by atoms with E-state index in [0.717, 1.165) is 48.5 Å². The maximum Gasteiger partial charge on any atom is 0.417 e. The lowest BCUT2D eigenvalue weighted by Crippen LogP contribution is -2.40. The summed E-state index contributed by atoms with van der Waals surface area (Å²) >= 11 is 0. The van der Waals surface area contributed by atoms with Crippen molar-refractivity contribution in [2.45, 2.75) is 82.0 Å². The summed E-state index contributed by atoms with van der Waals surface area (Å²) in [6, 6.07) is 3.42. The lowest BCUT2D eigenvalue weighted by Gasteiger charge is -2.27. The van der Waals surface area contributed by atoms with Crippen LogP contribution >= 0.6 is 0 Å².